The zero-order valence-electron chi connectivity index (χ0n) is 13.3. The van der Waals surface area contributed by atoms with Gasteiger partial charge in [-0.25, -0.2) is 0 Å². The van der Waals surface area contributed by atoms with Gasteiger partial charge in [0.15, 0.2) is 0 Å². The molecule has 118 valence electrons. The SMILES string of the molecule is CCCNC(c1ccc(OC)cc1)C1SCCSC1CC. The summed E-state index contributed by atoms with van der Waals surface area (Å²) in [6.45, 7) is 5.63. The molecule has 1 fully saturated rings. The Morgan fingerprint density at radius 3 is 2.52 bits per heavy atom. The molecule has 1 aliphatic rings. The van der Waals surface area contributed by atoms with Crippen molar-refractivity contribution in [1.29, 1.82) is 0 Å². The lowest BCUT2D eigenvalue weighted by Crippen LogP contribution is -2.39. The van der Waals surface area contributed by atoms with Crippen LogP contribution >= 0.6 is 23.5 Å². The third-order valence-corrected chi connectivity index (χ3v) is 7.26. The molecular weight excluding hydrogens is 298 g/mol. The van der Waals surface area contributed by atoms with Gasteiger partial charge in [0.05, 0.1) is 7.11 Å². The second kappa shape index (κ2) is 8.96. The maximum absolute atomic E-state index is 5.29. The summed E-state index contributed by atoms with van der Waals surface area (Å²) in [4.78, 5) is 0. The number of rotatable bonds is 7. The van der Waals surface area contributed by atoms with Crippen LogP contribution in [-0.2, 0) is 0 Å². The van der Waals surface area contributed by atoms with Crippen LogP contribution in [0.3, 0.4) is 0 Å². The molecule has 2 nitrogen and oxygen atoms in total. The van der Waals surface area contributed by atoms with Crippen LogP contribution in [0.1, 0.15) is 38.3 Å². The highest BCUT2D eigenvalue weighted by Crippen LogP contribution is 2.40. The molecule has 1 heterocycles. The van der Waals surface area contributed by atoms with Gasteiger partial charge in [-0.2, -0.15) is 23.5 Å². The summed E-state index contributed by atoms with van der Waals surface area (Å²) in [5.41, 5.74) is 1.39. The Kier molecular flexibility index (Phi) is 7.27. The average molecular weight is 326 g/mol. The van der Waals surface area contributed by atoms with Crippen LogP contribution in [0.25, 0.3) is 0 Å². The highest BCUT2D eigenvalue weighted by atomic mass is 32.2. The predicted octanol–water partition coefficient (Wildman–Crippen LogP) is 4.36. The van der Waals surface area contributed by atoms with Crippen LogP contribution in [0.2, 0.25) is 0 Å². The smallest absolute Gasteiger partial charge is 0.118 e. The molecule has 3 unspecified atom stereocenters. The second-order valence-electron chi connectivity index (χ2n) is 5.36. The molecule has 0 aromatic heterocycles. The first-order chi connectivity index (χ1) is 10.3. The van der Waals surface area contributed by atoms with E-state index in [1.165, 1.54) is 29.9 Å². The Hall–Kier alpha value is -0.320. The van der Waals surface area contributed by atoms with Gasteiger partial charge in [0, 0.05) is 28.0 Å². The number of hydrogen-bond acceptors (Lipinski definition) is 4. The van der Waals surface area contributed by atoms with Gasteiger partial charge < -0.3 is 10.1 Å². The van der Waals surface area contributed by atoms with Crippen LogP contribution in [0.15, 0.2) is 24.3 Å². The molecule has 2 rings (SSSR count). The Morgan fingerprint density at radius 1 is 1.19 bits per heavy atom. The standard InChI is InChI=1S/C17H27NOS2/c1-4-10-18-16(13-6-8-14(19-3)9-7-13)17-15(5-2)20-11-12-21-17/h6-9,15-18H,4-5,10-12H2,1-3H3. The van der Waals surface area contributed by atoms with E-state index in [0.717, 1.165) is 17.5 Å². The number of thioether (sulfide) groups is 2. The Morgan fingerprint density at radius 2 is 1.90 bits per heavy atom. The van der Waals surface area contributed by atoms with Crippen molar-refractivity contribution in [3.8, 4) is 5.75 Å². The van der Waals surface area contributed by atoms with E-state index >= 15 is 0 Å². The predicted molar refractivity (Wildman–Crippen MR) is 96.8 cm³/mol. The Bertz CT molecular complexity index is 410. The van der Waals surface area contributed by atoms with E-state index in [-0.39, 0.29) is 0 Å². The molecule has 0 radical (unpaired) electrons. The lowest BCUT2D eigenvalue weighted by molar-refractivity contribution is 0.414. The topological polar surface area (TPSA) is 21.3 Å². The van der Waals surface area contributed by atoms with Gasteiger partial charge in [0.25, 0.3) is 0 Å². The molecule has 1 N–H and O–H groups in total. The van der Waals surface area contributed by atoms with Crippen LogP contribution in [0.5, 0.6) is 5.75 Å². The molecule has 3 atom stereocenters. The molecule has 1 aromatic carbocycles. The molecular formula is C17H27NOS2. The van der Waals surface area contributed by atoms with E-state index < -0.39 is 0 Å². The lowest BCUT2D eigenvalue weighted by Gasteiger charge is -2.36. The highest BCUT2D eigenvalue weighted by Gasteiger charge is 2.32. The number of ether oxygens (including phenoxy) is 1. The van der Waals surface area contributed by atoms with Gasteiger partial charge in [-0.15, -0.1) is 0 Å². The van der Waals surface area contributed by atoms with Crippen molar-refractivity contribution < 1.29 is 4.74 Å². The average Bonchev–Trinajstić information content (AvgIpc) is 2.56. The van der Waals surface area contributed by atoms with E-state index in [1.807, 2.05) is 0 Å². The first-order valence-corrected chi connectivity index (χ1v) is 10.0. The third kappa shape index (κ3) is 4.57. The van der Waals surface area contributed by atoms with Crippen LogP contribution < -0.4 is 10.1 Å². The summed E-state index contributed by atoms with van der Waals surface area (Å²) in [6, 6.07) is 9.05. The minimum atomic E-state index is 0.443. The molecule has 1 aliphatic heterocycles. The molecule has 0 aliphatic carbocycles. The van der Waals surface area contributed by atoms with Crippen molar-refractivity contribution in [2.75, 3.05) is 25.2 Å². The third-order valence-electron chi connectivity index (χ3n) is 3.91. The molecule has 0 spiro atoms. The highest BCUT2D eigenvalue weighted by molar-refractivity contribution is 8.07. The van der Waals surface area contributed by atoms with Gasteiger partial charge in [-0.3, -0.25) is 0 Å². The van der Waals surface area contributed by atoms with Crippen LogP contribution in [-0.4, -0.2) is 35.7 Å². The first-order valence-electron chi connectivity index (χ1n) is 7.90. The molecule has 4 heteroatoms. The minimum Gasteiger partial charge on any atom is -0.497 e. The molecule has 1 saturated heterocycles. The molecule has 0 saturated carbocycles. The fraction of sp³-hybridized carbons (Fsp3) is 0.647. The van der Waals surface area contributed by atoms with E-state index in [4.69, 9.17) is 4.74 Å². The normalized spacial score (nSPS) is 23.8. The zero-order chi connectivity index (χ0) is 15.1. The maximum atomic E-state index is 5.29. The molecule has 1 aromatic rings. The fourth-order valence-electron chi connectivity index (χ4n) is 2.78. The summed E-state index contributed by atoms with van der Waals surface area (Å²) >= 11 is 4.29. The van der Waals surface area contributed by atoms with E-state index in [9.17, 15) is 0 Å². The lowest BCUT2D eigenvalue weighted by atomic mass is 9.99. The van der Waals surface area contributed by atoms with Gasteiger partial charge >= 0.3 is 0 Å². The molecule has 21 heavy (non-hydrogen) atoms. The summed E-state index contributed by atoms with van der Waals surface area (Å²) < 4.78 is 5.29. The molecule has 0 amide bonds. The van der Waals surface area contributed by atoms with Crippen molar-refractivity contribution >= 4 is 23.5 Å². The fourth-order valence-corrected chi connectivity index (χ4v) is 6.03. The minimum absolute atomic E-state index is 0.443. The van der Waals surface area contributed by atoms with E-state index in [2.05, 4.69) is 67.0 Å². The Labute approximate surface area is 137 Å². The van der Waals surface area contributed by atoms with Crippen molar-refractivity contribution in [1.82, 2.24) is 5.32 Å². The number of benzene rings is 1. The molecule has 0 bridgehead atoms. The van der Waals surface area contributed by atoms with Gasteiger partial charge in [0.2, 0.25) is 0 Å². The largest absolute Gasteiger partial charge is 0.497 e. The Balaban J connectivity index is 2.18. The summed E-state index contributed by atoms with van der Waals surface area (Å²) in [7, 11) is 1.72. The number of nitrogens with one attached hydrogen (secondary N) is 1. The second-order valence-corrected chi connectivity index (χ2v) is 7.99. The van der Waals surface area contributed by atoms with E-state index in [1.54, 1.807) is 7.11 Å². The van der Waals surface area contributed by atoms with E-state index in [0.29, 0.717) is 11.3 Å². The van der Waals surface area contributed by atoms with Gasteiger partial charge in [-0.05, 0) is 37.1 Å². The van der Waals surface area contributed by atoms with Crippen molar-refractivity contribution in [3.63, 3.8) is 0 Å². The van der Waals surface area contributed by atoms with Gasteiger partial charge in [0.1, 0.15) is 5.75 Å². The monoisotopic (exact) mass is 325 g/mol. The summed E-state index contributed by atoms with van der Waals surface area (Å²) in [5, 5.41) is 5.19. The quantitative estimate of drug-likeness (QED) is 0.803. The number of methoxy groups -OCH3 is 1. The van der Waals surface area contributed by atoms with Crippen LogP contribution in [0.4, 0.5) is 0 Å². The zero-order valence-corrected chi connectivity index (χ0v) is 14.9. The first kappa shape index (κ1) is 17.0. The summed E-state index contributed by atoms with van der Waals surface area (Å²) in [5.74, 6) is 3.50. The number of hydrogen-bond donors (Lipinski definition) is 1. The van der Waals surface area contributed by atoms with Crippen LogP contribution in [0, 0.1) is 0 Å². The maximum Gasteiger partial charge on any atom is 0.118 e. The van der Waals surface area contributed by atoms with Crippen molar-refractivity contribution in [2.24, 2.45) is 0 Å². The summed E-state index contributed by atoms with van der Waals surface area (Å²) in [6.07, 6.45) is 2.43. The van der Waals surface area contributed by atoms with Gasteiger partial charge in [-0.1, -0.05) is 26.0 Å². The van der Waals surface area contributed by atoms with Crippen molar-refractivity contribution in [2.45, 2.75) is 43.2 Å². The van der Waals surface area contributed by atoms with Crippen molar-refractivity contribution in [3.05, 3.63) is 29.8 Å².